The van der Waals surface area contributed by atoms with Crippen LogP contribution in [0.2, 0.25) is 0 Å². The summed E-state index contributed by atoms with van der Waals surface area (Å²) >= 11 is 0. The lowest BCUT2D eigenvalue weighted by Gasteiger charge is -2.13. The number of carbonyl (C=O) groups excluding carboxylic acids is 1. The third-order valence-corrected chi connectivity index (χ3v) is 2.77. The number of hydrogen-bond donors (Lipinski definition) is 2. The van der Waals surface area contributed by atoms with Gasteiger partial charge in [-0.05, 0) is 7.05 Å². The van der Waals surface area contributed by atoms with E-state index in [9.17, 15) is 4.79 Å². The topological polar surface area (TPSA) is 71.8 Å². The monoisotopic (exact) mass is 325 g/mol. The zero-order valence-corrected chi connectivity index (χ0v) is 14.1. The van der Waals surface area contributed by atoms with Crippen molar-refractivity contribution < 1.29 is 4.79 Å². The molecular formula is C12H25Cl2N5O. The van der Waals surface area contributed by atoms with Crippen molar-refractivity contribution in [2.45, 2.75) is 33.2 Å². The van der Waals surface area contributed by atoms with Gasteiger partial charge in [0.25, 0.3) is 0 Å². The van der Waals surface area contributed by atoms with Gasteiger partial charge in [-0.25, -0.2) is 0 Å². The summed E-state index contributed by atoms with van der Waals surface area (Å²) in [5.41, 5.74) is 0. The maximum absolute atomic E-state index is 11.7. The largest absolute Gasteiger partial charge is 0.354 e. The van der Waals surface area contributed by atoms with Gasteiger partial charge in [0.1, 0.15) is 12.2 Å². The summed E-state index contributed by atoms with van der Waals surface area (Å²) in [7, 11) is 1.84. The number of aromatic nitrogens is 3. The smallest absolute Gasteiger partial charge is 0.224 e. The Morgan fingerprint density at radius 2 is 2.00 bits per heavy atom. The molecule has 20 heavy (non-hydrogen) atoms. The highest BCUT2D eigenvalue weighted by atomic mass is 35.5. The highest BCUT2D eigenvalue weighted by Gasteiger charge is 2.12. The van der Waals surface area contributed by atoms with Crippen LogP contribution in [0.3, 0.4) is 0 Å². The first-order valence-electron chi connectivity index (χ1n) is 6.36. The van der Waals surface area contributed by atoms with Crippen LogP contribution in [0.25, 0.3) is 0 Å². The van der Waals surface area contributed by atoms with Gasteiger partial charge in [0, 0.05) is 31.5 Å². The molecule has 0 saturated heterocycles. The van der Waals surface area contributed by atoms with E-state index in [0.29, 0.717) is 25.6 Å². The molecule has 8 heteroatoms. The lowest BCUT2D eigenvalue weighted by atomic mass is 10.1. The van der Waals surface area contributed by atoms with Gasteiger partial charge in [0.15, 0.2) is 0 Å². The van der Waals surface area contributed by atoms with Crippen LogP contribution in [0.15, 0.2) is 6.33 Å². The molecule has 0 saturated carbocycles. The van der Waals surface area contributed by atoms with Crippen molar-refractivity contribution in [1.29, 1.82) is 0 Å². The Morgan fingerprint density at radius 1 is 1.35 bits per heavy atom. The molecular weight excluding hydrogens is 301 g/mol. The first kappa shape index (κ1) is 21.4. The van der Waals surface area contributed by atoms with E-state index in [-0.39, 0.29) is 36.6 Å². The fourth-order valence-electron chi connectivity index (χ4n) is 1.76. The van der Waals surface area contributed by atoms with Gasteiger partial charge < -0.3 is 15.2 Å². The van der Waals surface area contributed by atoms with Crippen molar-refractivity contribution in [3.63, 3.8) is 0 Å². The van der Waals surface area contributed by atoms with Crippen LogP contribution in [0.5, 0.6) is 0 Å². The molecule has 0 spiro atoms. The van der Waals surface area contributed by atoms with E-state index < -0.39 is 0 Å². The molecule has 1 aromatic rings. The molecule has 0 fully saturated rings. The van der Waals surface area contributed by atoms with Crippen molar-refractivity contribution in [2.24, 2.45) is 5.92 Å². The van der Waals surface area contributed by atoms with Crippen LogP contribution in [-0.2, 0) is 11.3 Å². The standard InChI is InChI=1S/C12H23N5O.2ClH/c1-9(2)11-16-15-8-17(11)6-5-14-12(18)10(3)7-13-4;;/h8-10,13H,5-7H2,1-4H3,(H,14,18);2*1H. The third-order valence-electron chi connectivity index (χ3n) is 2.77. The van der Waals surface area contributed by atoms with Crippen LogP contribution < -0.4 is 10.6 Å². The van der Waals surface area contributed by atoms with E-state index in [1.54, 1.807) is 6.33 Å². The fraction of sp³-hybridized carbons (Fsp3) is 0.750. The van der Waals surface area contributed by atoms with Crippen molar-refractivity contribution in [1.82, 2.24) is 25.4 Å². The minimum atomic E-state index is -0.0134. The Bertz CT molecular complexity index is 384. The van der Waals surface area contributed by atoms with E-state index in [4.69, 9.17) is 0 Å². The number of rotatable bonds is 7. The van der Waals surface area contributed by atoms with E-state index >= 15 is 0 Å². The predicted molar refractivity (Wildman–Crippen MR) is 84.7 cm³/mol. The molecule has 1 unspecified atom stereocenters. The Hall–Kier alpha value is -0.850. The summed E-state index contributed by atoms with van der Waals surface area (Å²) in [5, 5.41) is 13.9. The summed E-state index contributed by atoms with van der Waals surface area (Å²) < 4.78 is 1.98. The molecule has 6 nitrogen and oxygen atoms in total. The minimum Gasteiger partial charge on any atom is -0.354 e. The van der Waals surface area contributed by atoms with Gasteiger partial charge in [0.05, 0.1) is 0 Å². The molecule has 118 valence electrons. The fourth-order valence-corrected chi connectivity index (χ4v) is 1.76. The average molecular weight is 326 g/mol. The molecule has 1 amide bonds. The maximum Gasteiger partial charge on any atom is 0.224 e. The first-order valence-corrected chi connectivity index (χ1v) is 6.36. The summed E-state index contributed by atoms with van der Waals surface area (Å²) in [5.74, 6) is 1.35. The van der Waals surface area contributed by atoms with Gasteiger partial charge in [-0.3, -0.25) is 4.79 Å². The third kappa shape index (κ3) is 6.54. The SMILES string of the molecule is CNCC(C)C(=O)NCCn1cnnc1C(C)C.Cl.Cl. The normalized spacial score (nSPS) is 11.4. The van der Waals surface area contributed by atoms with E-state index in [0.717, 1.165) is 5.82 Å². The predicted octanol–water partition coefficient (Wildman–Crippen LogP) is 1.22. The summed E-state index contributed by atoms with van der Waals surface area (Å²) in [6, 6.07) is 0. The zero-order chi connectivity index (χ0) is 13.5. The van der Waals surface area contributed by atoms with Crippen LogP contribution in [0.4, 0.5) is 0 Å². The quantitative estimate of drug-likeness (QED) is 0.790. The number of carbonyl (C=O) groups is 1. The number of nitrogens with one attached hydrogen (secondary N) is 2. The van der Waals surface area contributed by atoms with Gasteiger partial charge in [0.2, 0.25) is 5.91 Å². The van der Waals surface area contributed by atoms with Gasteiger partial charge >= 0.3 is 0 Å². The molecule has 0 aliphatic heterocycles. The molecule has 0 aliphatic carbocycles. The molecule has 0 aromatic carbocycles. The summed E-state index contributed by atoms with van der Waals surface area (Å²) in [6.07, 6.45) is 1.71. The number of hydrogen-bond acceptors (Lipinski definition) is 4. The number of amides is 1. The molecule has 1 heterocycles. The molecule has 0 aliphatic rings. The maximum atomic E-state index is 11.7. The number of nitrogens with zero attached hydrogens (tertiary/aromatic N) is 3. The first-order chi connectivity index (χ1) is 8.56. The molecule has 0 bridgehead atoms. The van der Waals surface area contributed by atoms with Crippen LogP contribution in [0.1, 0.15) is 32.5 Å². The van der Waals surface area contributed by atoms with E-state index in [2.05, 4.69) is 34.7 Å². The van der Waals surface area contributed by atoms with E-state index in [1.165, 1.54) is 0 Å². The van der Waals surface area contributed by atoms with Crippen LogP contribution in [0, 0.1) is 5.92 Å². The van der Waals surface area contributed by atoms with Gasteiger partial charge in [-0.15, -0.1) is 35.0 Å². The summed E-state index contributed by atoms with van der Waals surface area (Å²) in [6.45, 7) is 8.06. The Kier molecular flexibility index (Phi) is 11.7. The summed E-state index contributed by atoms with van der Waals surface area (Å²) in [4.78, 5) is 11.7. The molecule has 0 radical (unpaired) electrons. The van der Waals surface area contributed by atoms with Crippen molar-refractivity contribution >= 4 is 30.7 Å². The van der Waals surface area contributed by atoms with Gasteiger partial charge in [-0.2, -0.15) is 0 Å². The lowest BCUT2D eigenvalue weighted by molar-refractivity contribution is -0.124. The Balaban J connectivity index is 0. The highest BCUT2D eigenvalue weighted by molar-refractivity contribution is 5.85. The Morgan fingerprint density at radius 3 is 2.55 bits per heavy atom. The van der Waals surface area contributed by atoms with Crippen molar-refractivity contribution in [2.75, 3.05) is 20.1 Å². The molecule has 2 N–H and O–H groups in total. The average Bonchev–Trinajstić information content (AvgIpc) is 2.77. The lowest BCUT2D eigenvalue weighted by Crippen LogP contribution is -2.36. The van der Waals surface area contributed by atoms with Crippen molar-refractivity contribution in [3.8, 4) is 0 Å². The van der Waals surface area contributed by atoms with E-state index in [1.807, 2.05) is 18.5 Å². The Labute approximate surface area is 132 Å². The highest BCUT2D eigenvalue weighted by Crippen LogP contribution is 2.09. The van der Waals surface area contributed by atoms with Crippen LogP contribution in [-0.4, -0.2) is 40.8 Å². The van der Waals surface area contributed by atoms with Crippen LogP contribution >= 0.6 is 24.8 Å². The van der Waals surface area contributed by atoms with Gasteiger partial charge in [-0.1, -0.05) is 20.8 Å². The molecule has 1 aromatic heterocycles. The molecule has 1 rings (SSSR count). The van der Waals surface area contributed by atoms with Crippen molar-refractivity contribution in [3.05, 3.63) is 12.2 Å². The second kappa shape index (κ2) is 10.9. The second-order valence-electron chi connectivity index (χ2n) is 4.79. The minimum absolute atomic E-state index is 0. The number of halogens is 2. The second-order valence-corrected chi connectivity index (χ2v) is 4.79. The molecule has 1 atom stereocenters. The zero-order valence-electron chi connectivity index (χ0n) is 12.4.